The van der Waals surface area contributed by atoms with Gasteiger partial charge in [0.15, 0.2) is 11.6 Å². The number of aromatic nitrogens is 5. The van der Waals surface area contributed by atoms with Crippen LogP contribution < -0.4 is 30.7 Å². The number of rotatable bonds is 12. The van der Waals surface area contributed by atoms with Crippen LogP contribution in [0, 0.1) is 46.3 Å². The number of alkyl halides is 3. The van der Waals surface area contributed by atoms with E-state index < -0.39 is 51.1 Å². The van der Waals surface area contributed by atoms with Crippen LogP contribution in [0.1, 0.15) is 123 Å². The first kappa shape index (κ1) is 75.1. The third-order valence-corrected chi connectivity index (χ3v) is 20.1. The molecule has 12 aromatic rings. The van der Waals surface area contributed by atoms with Crippen molar-refractivity contribution in [3.63, 3.8) is 0 Å². The van der Waals surface area contributed by atoms with Crippen molar-refractivity contribution in [2.75, 3.05) is 30.7 Å². The number of anilines is 9. The number of hydrogen-bond donors (Lipinski definition) is 3. The van der Waals surface area contributed by atoms with E-state index in [0.717, 1.165) is 73.6 Å². The molecule has 6 heterocycles. The van der Waals surface area contributed by atoms with Crippen molar-refractivity contribution in [1.82, 2.24) is 24.7 Å². The molecule has 6 amide bonds. The summed E-state index contributed by atoms with van der Waals surface area (Å²) in [7, 11) is 1.75. The minimum Gasteiger partial charge on any atom is -0.322 e. The van der Waals surface area contributed by atoms with Crippen LogP contribution >= 0.6 is 0 Å². The van der Waals surface area contributed by atoms with Crippen LogP contribution in [0.3, 0.4) is 0 Å². The van der Waals surface area contributed by atoms with E-state index in [4.69, 9.17) is 0 Å². The van der Waals surface area contributed by atoms with Crippen LogP contribution in [-0.2, 0) is 43.9 Å². The number of carbonyl (C=O) groups is 6. The monoisotopic (exact) mass is 1480 g/mol. The predicted molar refractivity (Wildman–Crippen MR) is 417 cm³/mol. The van der Waals surface area contributed by atoms with E-state index in [-0.39, 0.29) is 35.2 Å². The molecule has 0 saturated heterocycles. The summed E-state index contributed by atoms with van der Waals surface area (Å²) in [4.78, 5) is 97.5. The fourth-order valence-corrected chi connectivity index (χ4v) is 14.2. The Morgan fingerprint density at radius 3 is 1.33 bits per heavy atom. The second-order valence-electron chi connectivity index (χ2n) is 29.0. The zero-order valence-corrected chi connectivity index (χ0v) is 62.3. The van der Waals surface area contributed by atoms with Gasteiger partial charge in [-0.25, -0.2) is 23.6 Å². The second kappa shape index (κ2) is 29.2. The van der Waals surface area contributed by atoms with E-state index in [1.807, 2.05) is 139 Å². The van der Waals surface area contributed by atoms with E-state index in [9.17, 15) is 50.7 Å². The van der Waals surface area contributed by atoms with Gasteiger partial charge < -0.3 is 16.0 Å². The lowest BCUT2D eigenvalue weighted by atomic mass is 9.81. The van der Waals surface area contributed by atoms with Crippen LogP contribution in [0.2, 0.25) is 0 Å². The fourth-order valence-electron chi connectivity index (χ4n) is 14.2. The van der Waals surface area contributed by atoms with Gasteiger partial charge in [-0.1, -0.05) is 114 Å². The fraction of sp³-hybridized carbons (Fsp3) is 0.182. The molecule has 3 aliphatic heterocycles. The van der Waals surface area contributed by atoms with E-state index in [1.165, 1.54) is 29.2 Å². The van der Waals surface area contributed by atoms with E-state index in [0.29, 0.717) is 73.5 Å². The molecule has 0 atom stereocenters. The molecule has 22 heteroatoms. The highest BCUT2D eigenvalue weighted by Crippen LogP contribution is 2.53. The van der Waals surface area contributed by atoms with Crippen LogP contribution in [0.5, 0.6) is 0 Å². The Morgan fingerprint density at radius 2 is 0.836 bits per heavy atom. The Bertz CT molecular complexity index is 5680. The predicted octanol–water partition coefficient (Wildman–Crippen LogP) is 19.4. The summed E-state index contributed by atoms with van der Waals surface area (Å²) in [6.45, 7) is 20.4. The van der Waals surface area contributed by atoms with Crippen molar-refractivity contribution in [1.29, 1.82) is 0 Å². The molecule has 0 fully saturated rings. The maximum Gasteiger partial charge on any atom is 0.417 e. The van der Waals surface area contributed by atoms with Gasteiger partial charge in [-0.3, -0.25) is 48.2 Å². The van der Waals surface area contributed by atoms with Gasteiger partial charge in [-0.15, -0.1) is 0 Å². The number of amides is 6. The first-order valence-corrected chi connectivity index (χ1v) is 35.3. The SMILES string of the molecule is Cc1ccc(NC(=O)c2cc(-c3cccc4c3C(C)(C)C(=O)N4c3cccc(F)c3F)ccc2C)cc1.Cc1ccc(NC(=O)c2cc(-c3cccc4c3C(C)(C)C(=O)N4c3cnn(C)c3)ccc2C(F)(F)F)cc1.Cc1ccc(NC(=O)c2cc(-c3cccc4c3C(C)(C)C(=O)N4c3ncccn3)cnc2C)cc1. The molecule has 3 aromatic heterocycles. The summed E-state index contributed by atoms with van der Waals surface area (Å²) in [6, 6.07) is 54.9. The quantitative estimate of drug-likeness (QED) is 0.0987. The largest absolute Gasteiger partial charge is 0.417 e. The highest BCUT2D eigenvalue weighted by molar-refractivity contribution is 6.17. The third kappa shape index (κ3) is 14.2. The molecule has 3 aliphatic rings. The lowest BCUT2D eigenvalue weighted by Crippen LogP contribution is -2.34. The Labute approximate surface area is 632 Å². The van der Waals surface area contributed by atoms with E-state index in [1.54, 1.807) is 147 Å². The highest BCUT2D eigenvalue weighted by Gasteiger charge is 2.50. The summed E-state index contributed by atoms with van der Waals surface area (Å²) in [5.74, 6) is -3.75. The first-order valence-electron chi connectivity index (χ1n) is 35.3. The molecule has 0 saturated carbocycles. The van der Waals surface area contributed by atoms with Crippen molar-refractivity contribution in [3.8, 4) is 33.4 Å². The molecule has 0 spiro atoms. The molecule has 0 unspecified atom stereocenters. The van der Waals surface area contributed by atoms with Gasteiger partial charge in [0.1, 0.15) is 0 Å². The lowest BCUT2D eigenvalue weighted by molar-refractivity contribution is -0.138. The molecule has 554 valence electrons. The number of fused-ring (bicyclic) bond motifs is 3. The van der Waals surface area contributed by atoms with Crippen molar-refractivity contribution in [3.05, 3.63) is 304 Å². The molecular weight excluding hydrogens is 1400 g/mol. The Morgan fingerprint density at radius 1 is 0.427 bits per heavy atom. The van der Waals surface area contributed by atoms with Crippen LogP contribution in [-0.4, -0.2) is 60.2 Å². The maximum absolute atomic E-state index is 14.8. The minimum atomic E-state index is -4.73. The molecule has 0 radical (unpaired) electrons. The topological polar surface area (TPSA) is 205 Å². The number of hydrogen-bond acceptors (Lipinski definition) is 10. The number of benzene rings is 9. The van der Waals surface area contributed by atoms with Crippen molar-refractivity contribution >= 4 is 86.9 Å². The number of nitrogens with one attached hydrogen (secondary N) is 3. The van der Waals surface area contributed by atoms with Gasteiger partial charge in [0.2, 0.25) is 23.7 Å². The molecule has 110 heavy (non-hydrogen) atoms. The summed E-state index contributed by atoms with van der Waals surface area (Å²) < 4.78 is 72.2. The molecule has 0 aliphatic carbocycles. The zero-order chi connectivity index (χ0) is 78.6. The van der Waals surface area contributed by atoms with E-state index >= 15 is 0 Å². The highest BCUT2D eigenvalue weighted by atomic mass is 19.4. The molecule has 3 N–H and O–H groups in total. The number of carbonyl (C=O) groups excluding carboxylic acids is 6. The average molecular weight is 1480 g/mol. The van der Waals surface area contributed by atoms with Gasteiger partial charge in [0, 0.05) is 60.0 Å². The Balaban J connectivity index is 0.000000145. The summed E-state index contributed by atoms with van der Waals surface area (Å²) in [6.07, 6.45) is 3.56. The molecule has 0 bridgehead atoms. The maximum atomic E-state index is 14.8. The first-order chi connectivity index (χ1) is 52.2. The summed E-state index contributed by atoms with van der Waals surface area (Å²) in [5.41, 5.74) is 11.6. The van der Waals surface area contributed by atoms with Crippen molar-refractivity contribution < 1.29 is 50.7 Å². The Hall–Kier alpha value is -13.1. The standard InChI is InChI=1S/C31H26F2N2O2.C29H25F3N4O2.C28H25N5O2/c1-18-11-15-21(16-12-18)34-29(36)23-17-20(14-13-19(23)2)22-7-5-9-25-27(22)31(3,4)30(37)35(25)26-10-6-8-24(32)28(26)33;1-17-8-11-19(12-9-17)34-26(37)22-14-18(10-13-23(22)29(30,31)32)21-6-5-7-24-25(21)28(2,3)27(38)36(24)20-15-33-35(4)16-20;1-17-9-11-20(12-10-17)32-25(34)22-15-19(16-31-18(22)2)21-7-5-8-23-24(21)28(3,4)26(35)33(23)27-29-13-6-14-30-27/h5-17H,1-4H3,(H,34,36);5-16H,1-4H3,(H,34,37);5-16H,1-4H3,(H,32,34). The second-order valence-corrected chi connectivity index (χ2v) is 29.0. The van der Waals surface area contributed by atoms with Crippen LogP contribution in [0.15, 0.2) is 225 Å². The zero-order valence-electron chi connectivity index (χ0n) is 62.3. The summed E-state index contributed by atoms with van der Waals surface area (Å²) in [5, 5.41) is 12.6. The number of aryl methyl sites for hydroxylation is 6. The number of halogens is 5. The van der Waals surface area contributed by atoms with Gasteiger partial charge in [0.05, 0.1) is 73.3 Å². The molecule has 15 rings (SSSR count). The number of nitrogens with zero attached hydrogens (tertiary/aromatic N) is 8. The Kier molecular flexibility index (Phi) is 20.0. The van der Waals surface area contributed by atoms with E-state index in [2.05, 4.69) is 36.0 Å². The minimum absolute atomic E-state index is 0.108. The van der Waals surface area contributed by atoms with Crippen molar-refractivity contribution in [2.24, 2.45) is 7.05 Å². The van der Waals surface area contributed by atoms with Gasteiger partial charge >= 0.3 is 6.18 Å². The van der Waals surface area contributed by atoms with Gasteiger partial charge in [0.25, 0.3) is 17.7 Å². The normalized spacial score (nSPS) is 14.2. The van der Waals surface area contributed by atoms with Gasteiger partial charge in [-0.05, 0) is 223 Å². The molecule has 9 aromatic carbocycles. The lowest BCUT2D eigenvalue weighted by Gasteiger charge is -2.21. The van der Waals surface area contributed by atoms with Crippen LogP contribution in [0.4, 0.5) is 73.4 Å². The van der Waals surface area contributed by atoms with Gasteiger partial charge in [-0.2, -0.15) is 18.3 Å². The summed E-state index contributed by atoms with van der Waals surface area (Å²) >= 11 is 0. The van der Waals surface area contributed by atoms with Crippen molar-refractivity contribution in [2.45, 2.75) is 98.6 Å². The third-order valence-electron chi connectivity index (χ3n) is 20.1. The average Bonchev–Trinajstić information content (AvgIpc) is 1.58. The molecule has 17 nitrogen and oxygen atoms in total. The molecular formula is C88H76F5N11O6. The number of pyridine rings is 1. The van der Waals surface area contributed by atoms with Crippen LogP contribution in [0.25, 0.3) is 33.4 Å². The smallest absolute Gasteiger partial charge is 0.322 e.